The summed E-state index contributed by atoms with van der Waals surface area (Å²) in [7, 11) is 0. The van der Waals surface area contributed by atoms with Crippen LogP contribution in [0.4, 0.5) is 8.78 Å². The van der Waals surface area contributed by atoms with Crippen LogP contribution in [-0.4, -0.2) is 23.9 Å². The van der Waals surface area contributed by atoms with Crippen molar-refractivity contribution in [2.45, 2.75) is 26.2 Å². The number of likely N-dealkylation sites (tertiary alicyclic amines) is 1. The van der Waals surface area contributed by atoms with Gasteiger partial charge in [-0.2, -0.15) is 0 Å². The lowest BCUT2D eigenvalue weighted by molar-refractivity contribution is 0.0696. The van der Waals surface area contributed by atoms with Gasteiger partial charge in [-0.3, -0.25) is 4.79 Å². The molecule has 1 aromatic rings. The van der Waals surface area contributed by atoms with E-state index in [0.717, 1.165) is 12.8 Å². The van der Waals surface area contributed by atoms with E-state index in [1.807, 2.05) is 0 Å². The molecule has 1 aromatic carbocycles. The molecule has 19 heavy (non-hydrogen) atoms. The van der Waals surface area contributed by atoms with Crippen molar-refractivity contribution in [2.75, 3.05) is 13.1 Å². The number of hydrogen-bond donors (Lipinski definition) is 0. The zero-order valence-electron chi connectivity index (χ0n) is 10.7. The lowest BCUT2D eigenvalue weighted by Gasteiger charge is -2.30. The van der Waals surface area contributed by atoms with Crippen LogP contribution >= 0.6 is 15.9 Å². The minimum absolute atomic E-state index is 0.128. The van der Waals surface area contributed by atoms with Gasteiger partial charge in [0.15, 0.2) is 0 Å². The summed E-state index contributed by atoms with van der Waals surface area (Å²) >= 11 is 3.08. The zero-order chi connectivity index (χ0) is 14.0. The van der Waals surface area contributed by atoms with Crippen molar-refractivity contribution in [1.82, 2.24) is 4.90 Å². The standard InChI is InChI=1S/C14H16BrF2NO/c1-9-4-6-18(7-5-9)14(19)10-2-3-12(15)11(8-10)13(16)17/h2-3,8-9,13H,4-7H2,1H3. The van der Waals surface area contributed by atoms with E-state index in [9.17, 15) is 13.6 Å². The van der Waals surface area contributed by atoms with Crippen molar-refractivity contribution >= 4 is 21.8 Å². The van der Waals surface area contributed by atoms with E-state index in [-0.39, 0.29) is 11.5 Å². The van der Waals surface area contributed by atoms with Crippen LogP contribution in [0, 0.1) is 5.92 Å². The fraction of sp³-hybridized carbons (Fsp3) is 0.500. The summed E-state index contributed by atoms with van der Waals surface area (Å²) in [6, 6.07) is 4.40. The Morgan fingerprint density at radius 3 is 2.58 bits per heavy atom. The first kappa shape index (κ1) is 14.4. The number of carbonyl (C=O) groups is 1. The van der Waals surface area contributed by atoms with E-state index >= 15 is 0 Å². The van der Waals surface area contributed by atoms with Crippen molar-refractivity contribution < 1.29 is 13.6 Å². The molecule has 0 aromatic heterocycles. The Hall–Kier alpha value is -0.970. The van der Waals surface area contributed by atoms with Crippen molar-refractivity contribution in [3.8, 4) is 0 Å². The molecule has 0 spiro atoms. The summed E-state index contributed by atoms with van der Waals surface area (Å²) in [5.74, 6) is 0.479. The highest BCUT2D eigenvalue weighted by atomic mass is 79.9. The highest BCUT2D eigenvalue weighted by Gasteiger charge is 2.23. The van der Waals surface area contributed by atoms with Crippen LogP contribution in [0.3, 0.4) is 0 Å². The van der Waals surface area contributed by atoms with Crippen LogP contribution in [0.25, 0.3) is 0 Å². The monoisotopic (exact) mass is 331 g/mol. The first-order valence-corrected chi connectivity index (χ1v) is 7.15. The molecular weight excluding hydrogens is 316 g/mol. The zero-order valence-corrected chi connectivity index (χ0v) is 12.3. The van der Waals surface area contributed by atoms with Gasteiger partial charge in [-0.05, 0) is 37.0 Å². The van der Waals surface area contributed by atoms with Gasteiger partial charge in [-0.25, -0.2) is 8.78 Å². The van der Waals surface area contributed by atoms with E-state index < -0.39 is 6.43 Å². The fourth-order valence-electron chi connectivity index (χ4n) is 2.24. The van der Waals surface area contributed by atoms with E-state index in [0.29, 0.717) is 29.0 Å². The lowest BCUT2D eigenvalue weighted by Crippen LogP contribution is -2.37. The number of alkyl halides is 2. The van der Waals surface area contributed by atoms with Gasteiger partial charge in [0.1, 0.15) is 0 Å². The van der Waals surface area contributed by atoms with Crippen LogP contribution < -0.4 is 0 Å². The summed E-state index contributed by atoms with van der Waals surface area (Å²) in [4.78, 5) is 14.0. The van der Waals surface area contributed by atoms with Crippen LogP contribution in [0.1, 0.15) is 42.1 Å². The van der Waals surface area contributed by atoms with E-state index in [1.165, 1.54) is 12.1 Å². The predicted molar refractivity (Wildman–Crippen MR) is 73.4 cm³/mol. The van der Waals surface area contributed by atoms with Gasteiger partial charge >= 0.3 is 0 Å². The molecule has 0 atom stereocenters. The number of hydrogen-bond acceptors (Lipinski definition) is 1. The summed E-state index contributed by atoms with van der Waals surface area (Å²) in [6.07, 6.45) is -0.628. The summed E-state index contributed by atoms with van der Waals surface area (Å²) < 4.78 is 26.0. The second-order valence-corrected chi connectivity index (χ2v) is 5.87. The molecule has 0 aliphatic carbocycles. The summed E-state index contributed by atoms with van der Waals surface area (Å²) in [6.45, 7) is 3.58. The van der Waals surface area contributed by atoms with Crippen molar-refractivity contribution in [3.63, 3.8) is 0 Å². The number of carbonyl (C=O) groups excluding carboxylic acids is 1. The number of rotatable bonds is 2. The third-order valence-corrected chi connectivity index (χ3v) is 4.27. The molecule has 2 nitrogen and oxygen atoms in total. The van der Waals surface area contributed by atoms with E-state index in [4.69, 9.17) is 0 Å². The first-order chi connectivity index (χ1) is 8.99. The van der Waals surface area contributed by atoms with Crippen molar-refractivity contribution in [3.05, 3.63) is 33.8 Å². The van der Waals surface area contributed by atoms with Gasteiger partial charge in [-0.1, -0.05) is 22.9 Å². The van der Waals surface area contributed by atoms with Crippen LogP contribution in [-0.2, 0) is 0 Å². The topological polar surface area (TPSA) is 20.3 Å². The number of amides is 1. The maximum Gasteiger partial charge on any atom is 0.264 e. The molecule has 1 amide bonds. The summed E-state index contributed by atoms with van der Waals surface area (Å²) in [5.41, 5.74) is 0.212. The van der Waals surface area contributed by atoms with Gasteiger partial charge in [0.05, 0.1) is 0 Å². The molecule has 0 saturated carbocycles. The lowest BCUT2D eigenvalue weighted by atomic mass is 9.98. The Kier molecular flexibility index (Phi) is 4.55. The molecule has 1 saturated heterocycles. The van der Waals surface area contributed by atoms with Gasteiger partial charge in [0, 0.05) is 28.7 Å². The summed E-state index contributed by atoms with van der Waals surface area (Å²) in [5, 5.41) is 0. The third kappa shape index (κ3) is 3.32. The molecule has 0 radical (unpaired) electrons. The number of nitrogens with zero attached hydrogens (tertiary/aromatic N) is 1. The molecule has 1 aliphatic heterocycles. The Balaban J connectivity index is 2.17. The highest BCUT2D eigenvalue weighted by molar-refractivity contribution is 9.10. The Labute approximate surface area is 119 Å². The first-order valence-electron chi connectivity index (χ1n) is 6.36. The Morgan fingerprint density at radius 2 is 2.00 bits per heavy atom. The van der Waals surface area contributed by atoms with Gasteiger partial charge in [0.25, 0.3) is 12.3 Å². The minimum Gasteiger partial charge on any atom is -0.339 e. The maximum absolute atomic E-state index is 12.8. The molecule has 1 aliphatic rings. The molecule has 5 heteroatoms. The maximum atomic E-state index is 12.8. The smallest absolute Gasteiger partial charge is 0.264 e. The fourth-order valence-corrected chi connectivity index (χ4v) is 2.66. The molecule has 0 unspecified atom stereocenters. The number of piperidine rings is 1. The molecule has 1 fully saturated rings. The third-order valence-electron chi connectivity index (χ3n) is 3.55. The van der Waals surface area contributed by atoms with Crippen molar-refractivity contribution in [1.29, 1.82) is 0 Å². The molecular formula is C14H16BrF2NO. The van der Waals surface area contributed by atoms with Gasteiger partial charge in [0.2, 0.25) is 0 Å². The van der Waals surface area contributed by atoms with E-state index in [1.54, 1.807) is 11.0 Å². The number of halogens is 3. The molecule has 2 rings (SSSR count). The van der Waals surface area contributed by atoms with E-state index in [2.05, 4.69) is 22.9 Å². The average molecular weight is 332 g/mol. The highest BCUT2D eigenvalue weighted by Crippen LogP contribution is 2.29. The Morgan fingerprint density at radius 1 is 1.37 bits per heavy atom. The molecule has 1 heterocycles. The normalized spacial score (nSPS) is 17.0. The number of benzene rings is 1. The largest absolute Gasteiger partial charge is 0.339 e. The Bertz CT molecular complexity index is 471. The van der Waals surface area contributed by atoms with Gasteiger partial charge < -0.3 is 4.90 Å². The molecule has 0 N–H and O–H groups in total. The van der Waals surface area contributed by atoms with Crippen LogP contribution in [0.5, 0.6) is 0 Å². The van der Waals surface area contributed by atoms with Crippen LogP contribution in [0.2, 0.25) is 0 Å². The predicted octanol–water partition coefficient (Wildman–Crippen LogP) is 4.26. The quantitative estimate of drug-likeness (QED) is 0.792. The molecule has 104 valence electrons. The SMILES string of the molecule is CC1CCN(C(=O)c2ccc(Br)c(C(F)F)c2)CC1. The molecule has 0 bridgehead atoms. The van der Waals surface area contributed by atoms with Gasteiger partial charge in [-0.15, -0.1) is 0 Å². The second kappa shape index (κ2) is 5.99. The average Bonchev–Trinajstić information content (AvgIpc) is 2.39. The van der Waals surface area contributed by atoms with Crippen LogP contribution in [0.15, 0.2) is 22.7 Å². The second-order valence-electron chi connectivity index (χ2n) is 5.01. The van der Waals surface area contributed by atoms with Crippen molar-refractivity contribution in [2.24, 2.45) is 5.92 Å². The minimum atomic E-state index is -2.58.